The van der Waals surface area contributed by atoms with Gasteiger partial charge in [0.05, 0.1) is 6.04 Å². The highest BCUT2D eigenvalue weighted by molar-refractivity contribution is 7.80. The first kappa shape index (κ1) is 16.5. The summed E-state index contributed by atoms with van der Waals surface area (Å²) in [5, 5.41) is 7.43. The fourth-order valence-corrected chi connectivity index (χ4v) is 2.82. The number of hydrogen-bond acceptors (Lipinski definition) is 1. The van der Waals surface area contributed by atoms with Gasteiger partial charge in [0, 0.05) is 5.69 Å². The van der Waals surface area contributed by atoms with Gasteiger partial charge in [0.25, 0.3) is 0 Å². The third kappa shape index (κ3) is 4.08. The summed E-state index contributed by atoms with van der Waals surface area (Å²) in [6.07, 6.45) is 0.986. The number of nitrogens with one attached hydrogen (secondary N) is 2. The predicted molar refractivity (Wildman–Crippen MR) is 99.5 cm³/mol. The normalized spacial score (nSPS) is 11.8. The Morgan fingerprint density at radius 3 is 2.45 bits per heavy atom. The molecule has 2 nitrogen and oxygen atoms in total. The number of thiocarbonyl (C=S) groups is 1. The number of hydrogen-bond donors (Lipinski definition) is 2. The van der Waals surface area contributed by atoms with E-state index >= 15 is 0 Å². The molecule has 116 valence electrons. The van der Waals surface area contributed by atoms with E-state index in [0.29, 0.717) is 5.11 Å². The van der Waals surface area contributed by atoms with Gasteiger partial charge in [0.2, 0.25) is 0 Å². The number of aryl methyl sites for hydroxylation is 3. The summed E-state index contributed by atoms with van der Waals surface area (Å²) in [7, 11) is 0. The van der Waals surface area contributed by atoms with Crippen LogP contribution in [0.15, 0.2) is 42.5 Å². The van der Waals surface area contributed by atoms with Crippen LogP contribution in [0, 0.1) is 20.8 Å². The Kier molecular flexibility index (Phi) is 5.56. The van der Waals surface area contributed by atoms with Crippen LogP contribution in [0.2, 0.25) is 0 Å². The molecule has 0 radical (unpaired) electrons. The van der Waals surface area contributed by atoms with E-state index in [9.17, 15) is 0 Å². The van der Waals surface area contributed by atoms with E-state index in [2.05, 4.69) is 80.8 Å². The van der Waals surface area contributed by atoms with Crippen LogP contribution < -0.4 is 10.6 Å². The predicted octanol–water partition coefficient (Wildman–Crippen LogP) is 5.05. The Bertz CT molecular complexity index is 664. The van der Waals surface area contributed by atoms with Gasteiger partial charge in [-0.05, 0) is 67.7 Å². The van der Waals surface area contributed by atoms with Gasteiger partial charge in [-0.1, -0.05) is 43.3 Å². The maximum atomic E-state index is 5.50. The minimum Gasteiger partial charge on any atom is -0.356 e. The maximum absolute atomic E-state index is 5.50. The van der Waals surface area contributed by atoms with Crippen LogP contribution in [0.25, 0.3) is 0 Å². The molecule has 0 aromatic heterocycles. The van der Waals surface area contributed by atoms with Gasteiger partial charge in [0.1, 0.15) is 0 Å². The van der Waals surface area contributed by atoms with Crippen molar-refractivity contribution in [3.05, 3.63) is 64.7 Å². The Morgan fingerprint density at radius 1 is 1.05 bits per heavy atom. The lowest BCUT2D eigenvalue weighted by molar-refractivity contribution is 0.625. The van der Waals surface area contributed by atoms with E-state index in [-0.39, 0.29) is 6.04 Å². The van der Waals surface area contributed by atoms with E-state index < -0.39 is 0 Å². The lowest BCUT2D eigenvalue weighted by Crippen LogP contribution is -2.32. The van der Waals surface area contributed by atoms with Crippen LogP contribution in [-0.2, 0) is 0 Å². The number of anilines is 1. The molecule has 2 N–H and O–H groups in total. The van der Waals surface area contributed by atoms with Crippen LogP contribution in [0.3, 0.4) is 0 Å². The van der Waals surface area contributed by atoms with Crippen molar-refractivity contribution in [1.29, 1.82) is 0 Å². The molecular weight excluding hydrogens is 288 g/mol. The molecule has 0 saturated carbocycles. The monoisotopic (exact) mass is 312 g/mol. The van der Waals surface area contributed by atoms with Crippen molar-refractivity contribution in [2.24, 2.45) is 0 Å². The summed E-state index contributed by atoms with van der Waals surface area (Å²) in [4.78, 5) is 0. The molecular formula is C19H24N2S. The summed E-state index contributed by atoms with van der Waals surface area (Å²) < 4.78 is 0. The molecule has 0 spiro atoms. The van der Waals surface area contributed by atoms with E-state index in [4.69, 9.17) is 12.2 Å². The third-order valence-corrected chi connectivity index (χ3v) is 4.14. The molecule has 0 aliphatic rings. The molecule has 0 amide bonds. The molecule has 1 atom stereocenters. The molecule has 0 aliphatic carbocycles. The van der Waals surface area contributed by atoms with Gasteiger partial charge in [-0.3, -0.25) is 0 Å². The fraction of sp³-hybridized carbons (Fsp3) is 0.316. The number of benzene rings is 2. The molecule has 0 bridgehead atoms. The second-order valence-electron chi connectivity index (χ2n) is 5.73. The topological polar surface area (TPSA) is 24.1 Å². The Morgan fingerprint density at radius 2 is 1.77 bits per heavy atom. The Balaban J connectivity index is 2.10. The van der Waals surface area contributed by atoms with E-state index in [1.54, 1.807) is 0 Å². The zero-order valence-corrected chi connectivity index (χ0v) is 14.6. The SMILES string of the molecule is CCC(NC(=S)Nc1cc(C)ccc1C)c1ccccc1C. The van der Waals surface area contributed by atoms with Crippen molar-refractivity contribution < 1.29 is 0 Å². The highest BCUT2D eigenvalue weighted by atomic mass is 32.1. The first-order valence-electron chi connectivity index (χ1n) is 7.71. The molecule has 2 rings (SSSR count). The lowest BCUT2D eigenvalue weighted by Gasteiger charge is -2.22. The second kappa shape index (κ2) is 7.41. The summed E-state index contributed by atoms with van der Waals surface area (Å²) in [5.74, 6) is 0. The van der Waals surface area contributed by atoms with Crippen molar-refractivity contribution in [3.8, 4) is 0 Å². The minimum atomic E-state index is 0.228. The molecule has 22 heavy (non-hydrogen) atoms. The summed E-state index contributed by atoms with van der Waals surface area (Å²) in [6, 6.07) is 15.0. The summed E-state index contributed by atoms with van der Waals surface area (Å²) >= 11 is 5.50. The molecule has 3 heteroatoms. The van der Waals surface area contributed by atoms with Crippen LogP contribution in [-0.4, -0.2) is 5.11 Å². The van der Waals surface area contributed by atoms with Crippen LogP contribution in [0.1, 0.15) is 41.6 Å². The van der Waals surface area contributed by atoms with E-state index in [1.807, 2.05) is 0 Å². The van der Waals surface area contributed by atoms with Crippen molar-refractivity contribution in [2.45, 2.75) is 40.2 Å². The molecule has 2 aromatic rings. The minimum absolute atomic E-state index is 0.228. The van der Waals surface area contributed by atoms with Crippen LogP contribution >= 0.6 is 12.2 Å². The average molecular weight is 312 g/mol. The lowest BCUT2D eigenvalue weighted by atomic mass is 9.99. The van der Waals surface area contributed by atoms with Gasteiger partial charge < -0.3 is 10.6 Å². The quantitative estimate of drug-likeness (QED) is 0.773. The third-order valence-electron chi connectivity index (χ3n) is 3.92. The highest BCUT2D eigenvalue weighted by Gasteiger charge is 2.13. The zero-order chi connectivity index (χ0) is 16.1. The molecule has 0 fully saturated rings. The molecule has 0 saturated heterocycles. The van der Waals surface area contributed by atoms with E-state index in [0.717, 1.165) is 12.1 Å². The standard InChI is InChI=1S/C19H24N2S/c1-5-17(16-9-7-6-8-14(16)3)20-19(22)21-18-12-13(2)10-11-15(18)4/h6-12,17H,5H2,1-4H3,(H2,20,21,22). The molecule has 1 unspecified atom stereocenters. The molecule has 0 aliphatic heterocycles. The maximum Gasteiger partial charge on any atom is 0.171 e. The van der Waals surface area contributed by atoms with Gasteiger partial charge in [-0.2, -0.15) is 0 Å². The molecule has 0 heterocycles. The highest BCUT2D eigenvalue weighted by Crippen LogP contribution is 2.21. The van der Waals surface area contributed by atoms with Crippen molar-refractivity contribution >= 4 is 23.0 Å². The largest absolute Gasteiger partial charge is 0.356 e. The van der Waals surface area contributed by atoms with Crippen molar-refractivity contribution in [3.63, 3.8) is 0 Å². The first-order chi connectivity index (χ1) is 10.5. The van der Waals surface area contributed by atoms with Crippen LogP contribution in [0.5, 0.6) is 0 Å². The number of rotatable bonds is 4. The van der Waals surface area contributed by atoms with Gasteiger partial charge >= 0.3 is 0 Å². The summed E-state index contributed by atoms with van der Waals surface area (Å²) in [6.45, 7) is 8.48. The summed E-state index contributed by atoms with van der Waals surface area (Å²) in [5.41, 5.74) is 6.07. The van der Waals surface area contributed by atoms with Gasteiger partial charge in [-0.15, -0.1) is 0 Å². The second-order valence-corrected chi connectivity index (χ2v) is 6.14. The Hall–Kier alpha value is -1.87. The molecule has 2 aromatic carbocycles. The van der Waals surface area contributed by atoms with Gasteiger partial charge in [0.15, 0.2) is 5.11 Å². The van der Waals surface area contributed by atoms with E-state index in [1.165, 1.54) is 22.3 Å². The fourth-order valence-electron chi connectivity index (χ4n) is 2.56. The first-order valence-corrected chi connectivity index (χ1v) is 8.12. The average Bonchev–Trinajstić information content (AvgIpc) is 2.49. The van der Waals surface area contributed by atoms with Crippen molar-refractivity contribution in [1.82, 2.24) is 5.32 Å². The van der Waals surface area contributed by atoms with Gasteiger partial charge in [-0.25, -0.2) is 0 Å². The Labute approximate surface area is 139 Å². The smallest absolute Gasteiger partial charge is 0.171 e. The van der Waals surface area contributed by atoms with Crippen LogP contribution in [0.4, 0.5) is 5.69 Å². The van der Waals surface area contributed by atoms with Crippen molar-refractivity contribution in [2.75, 3.05) is 5.32 Å². The zero-order valence-electron chi connectivity index (χ0n) is 13.7.